The van der Waals surface area contributed by atoms with E-state index in [9.17, 15) is 33.0 Å². The molecule has 1 amide bonds. The number of halogens is 3. The number of benzene rings is 2. The number of fused-ring (bicyclic) bond motifs is 2. The van der Waals surface area contributed by atoms with Crippen LogP contribution >= 0.6 is 0 Å². The summed E-state index contributed by atoms with van der Waals surface area (Å²) in [5.41, 5.74) is 8.46. The van der Waals surface area contributed by atoms with Gasteiger partial charge in [0.1, 0.15) is 40.5 Å². The smallest absolute Gasteiger partial charge is 0.252 e. The van der Waals surface area contributed by atoms with Gasteiger partial charge in [-0.2, -0.15) is 0 Å². The Bertz CT molecular complexity index is 1760. The summed E-state index contributed by atoms with van der Waals surface area (Å²) in [6, 6.07) is 2.96. The quantitative estimate of drug-likeness (QED) is 0.269. The van der Waals surface area contributed by atoms with Gasteiger partial charge in [0.05, 0.1) is 17.1 Å². The molecule has 9 nitrogen and oxygen atoms in total. The first-order valence-corrected chi connectivity index (χ1v) is 15.8. The second-order valence-electron chi connectivity index (χ2n) is 13.1. The fraction of sp³-hybridized carbons (Fsp3) is 0.444. The van der Waals surface area contributed by atoms with E-state index < -0.39 is 23.4 Å². The summed E-state index contributed by atoms with van der Waals surface area (Å²) in [5, 5.41) is 28.0. The van der Waals surface area contributed by atoms with E-state index in [2.05, 4.69) is 10.6 Å². The van der Waals surface area contributed by atoms with Crippen LogP contribution in [0.2, 0.25) is 0 Å². The van der Waals surface area contributed by atoms with Crippen LogP contribution in [0, 0.1) is 41.1 Å². The van der Waals surface area contributed by atoms with Gasteiger partial charge < -0.3 is 36.2 Å². The maximum absolute atomic E-state index is 14.4. The molecular weight excluding hydrogens is 625 g/mol. The fourth-order valence-electron chi connectivity index (χ4n) is 7.59. The number of ether oxygens (including phenoxy) is 1. The molecule has 1 fully saturated rings. The van der Waals surface area contributed by atoms with E-state index in [1.807, 2.05) is 33.1 Å². The number of carbonyl (C=O) groups excluding carboxylic acids is 2. The number of amides is 1. The molecular formula is C36H43F3N4O5. The Morgan fingerprint density at radius 2 is 1.65 bits per heavy atom. The number of ketones is 1. The molecule has 2 aromatic carbocycles. The number of aliphatic hydroxyl groups is 1. The van der Waals surface area contributed by atoms with Crippen molar-refractivity contribution < 1.29 is 37.7 Å². The first-order valence-electron chi connectivity index (χ1n) is 15.8. The maximum atomic E-state index is 14.4. The number of rotatable bonds is 7. The van der Waals surface area contributed by atoms with Gasteiger partial charge in [0.15, 0.2) is 5.78 Å². The number of hydrogen-bond acceptors (Lipinski definition) is 8. The van der Waals surface area contributed by atoms with E-state index >= 15 is 0 Å². The average molecular weight is 669 g/mol. The molecule has 0 aromatic heterocycles. The summed E-state index contributed by atoms with van der Waals surface area (Å²) < 4.78 is 48.2. The zero-order valence-corrected chi connectivity index (χ0v) is 26.8. The lowest BCUT2D eigenvalue weighted by Crippen LogP contribution is -2.38. The lowest BCUT2D eigenvalue weighted by molar-refractivity contribution is -0.114. The molecule has 6 N–H and O–H groups in total. The molecule has 2 aromatic rings. The number of nitrogens with zero attached hydrogens (tertiary/aromatic N) is 1. The van der Waals surface area contributed by atoms with Crippen molar-refractivity contribution in [2.24, 2.45) is 29.4 Å². The summed E-state index contributed by atoms with van der Waals surface area (Å²) in [7, 11) is 7.41. The van der Waals surface area contributed by atoms with Crippen molar-refractivity contribution in [3.63, 3.8) is 0 Å². The van der Waals surface area contributed by atoms with Gasteiger partial charge in [-0.1, -0.05) is 7.43 Å². The van der Waals surface area contributed by atoms with Crippen LogP contribution < -0.4 is 21.3 Å². The third kappa shape index (κ3) is 5.85. The Morgan fingerprint density at radius 1 is 1.00 bits per heavy atom. The zero-order chi connectivity index (χ0) is 33.9. The van der Waals surface area contributed by atoms with Gasteiger partial charge in [-0.25, -0.2) is 13.2 Å². The van der Waals surface area contributed by atoms with Gasteiger partial charge >= 0.3 is 0 Å². The molecule has 258 valence electrons. The Kier molecular flexibility index (Phi) is 9.71. The Balaban J connectivity index is 0.00000109. The number of Topliss-reactive ketones (excluding diaryl/α,β-unsaturated/α-hetero) is 1. The van der Waals surface area contributed by atoms with Gasteiger partial charge in [0.2, 0.25) is 0 Å². The third-order valence-corrected chi connectivity index (χ3v) is 9.61. The molecule has 5 aliphatic rings. The molecule has 4 aliphatic carbocycles. The highest BCUT2D eigenvalue weighted by atomic mass is 19.1. The van der Waals surface area contributed by atoms with E-state index in [1.165, 1.54) is 0 Å². The molecule has 7 rings (SSSR count). The first-order chi connectivity index (χ1) is 22.4. The van der Waals surface area contributed by atoms with E-state index in [0.717, 1.165) is 18.5 Å². The molecule has 0 saturated heterocycles. The molecule has 3 unspecified atom stereocenters. The van der Waals surface area contributed by atoms with Crippen molar-refractivity contribution in [2.45, 2.75) is 52.6 Å². The number of allylic oxidation sites excluding steroid dienone is 4. The number of primary amides is 1. The highest BCUT2D eigenvalue weighted by molar-refractivity contribution is 6.14. The standard InChI is InChI=1S/C33H32F3N3O5.C2H7N.CH4/c1-39(2)22-7-16(11-38-12-19-20(35)9-17(34)10-21(19)36)29(41)26-18(22)6-14-5-15-8-23(40)27(33(37)43)28-24(15)32(25(14)30(26)42)44-31(28)13-3-4-13;1-3-2;/h7,9-10,13-15,24,38,40-41H,3-6,8,11-12H2,1-2H3,(H2,37,43);3H,1-2H3;1H4. The number of nitrogens with one attached hydrogen (secondary N) is 2. The summed E-state index contributed by atoms with van der Waals surface area (Å²) in [5.74, 6) is -3.90. The highest BCUT2D eigenvalue weighted by Gasteiger charge is 2.55. The van der Waals surface area contributed by atoms with Crippen molar-refractivity contribution >= 4 is 17.4 Å². The van der Waals surface area contributed by atoms with Crippen LogP contribution in [0.3, 0.4) is 0 Å². The zero-order valence-electron chi connectivity index (χ0n) is 26.8. The summed E-state index contributed by atoms with van der Waals surface area (Å²) in [4.78, 5) is 28.7. The van der Waals surface area contributed by atoms with E-state index in [0.29, 0.717) is 58.8 Å². The molecule has 0 spiro atoms. The normalized spacial score (nSPS) is 22.2. The number of phenols is 1. The second kappa shape index (κ2) is 13.3. The average Bonchev–Trinajstić information content (AvgIpc) is 3.76. The largest absolute Gasteiger partial charge is 0.511 e. The molecule has 0 bridgehead atoms. The minimum Gasteiger partial charge on any atom is -0.511 e. The SMILES string of the molecule is C.CN(C)c1cc(CNCc2c(F)cc(F)cc2F)c(O)c2c1CC1CC3CC(O)=C(C(N)=O)C4=C(C5CC5)OC(=C1C2=O)C43.CNC. The summed E-state index contributed by atoms with van der Waals surface area (Å²) in [6.45, 7) is -0.293. The number of anilines is 1. The van der Waals surface area contributed by atoms with E-state index in [4.69, 9.17) is 10.5 Å². The Hall–Kier alpha value is -4.29. The van der Waals surface area contributed by atoms with Crippen molar-refractivity contribution in [1.29, 1.82) is 0 Å². The monoisotopic (exact) mass is 668 g/mol. The molecule has 1 aliphatic heterocycles. The van der Waals surface area contributed by atoms with Gasteiger partial charge in [-0.15, -0.1) is 0 Å². The van der Waals surface area contributed by atoms with Crippen LogP contribution in [0.25, 0.3) is 0 Å². The van der Waals surface area contributed by atoms with Crippen LogP contribution in [0.4, 0.5) is 18.9 Å². The van der Waals surface area contributed by atoms with E-state index in [1.54, 1.807) is 6.07 Å². The van der Waals surface area contributed by atoms with Gasteiger partial charge in [0.25, 0.3) is 5.91 Å². The van der Waals surface area contributed by atoms with Gasteiger partial charge in [-0.05, 0) is 63.2 Å². The van der Waals surface area contributed by atoms with Gasteiger partial charge in [0, 0.05) is 79.6 Å². The minimum absolute atomic E-state index is 0. The van der Waals surface area contributed by atoms with E-state index in [-0.39, 0.29) is 84.6 Å². The van der Waals surface area contributed by atoms with Crippen LogP contribution in [0.5, 0.6) is 5.75 Å². The molecule has 48 heavy (non-hydrogen) atoms. The molecule has 3 atom stereocenters. The number of nitrogens with two attached hydrogens (primary N) is 1. The second-order valence-corrected chi connectivity index (χ2v) is 13.1. The van der Waals surface area contributed by atoms with Crippen LogP contribution in [-0.2, 0) is 29.0 Å². The minimum atomic E-state index is -1.02. The number of phenolic OH excluding ortho intramolecular Hbond substituents is 1. The molecule has 1 saturated carbocycles. The number of hydrogen-bond donors (Lipinski definition) is 5. The number of carbonyl (C=O) groups is 2. The molecule has 1 heterocycles. The summed E-state index contributed by atoms with van der Waals surface area (Å²) in [6.07, 6.45) is 3.05. The third-order valence-electron chi connectivity index (χ3n) is 9.61. The molecule has 12 heteroatoms. The van der Waals surface area contributed by atoms with Crippen molar-refractivity contribution in [3.8, 4) is 5.75 Å². The van der Waals surface area contributed by atoms with Gasteiger partial charge in [-0.3, -0.25) is 9.59 Å². The van der Waals surface area contributed by atoms with Crippen molar-refractivity contribution in [1.82, 2.24) is 10.6 Å². The fourth-order valence-corrected chi connectivity index (χ4v) is 7.59. The number of aromatic hydroxyl groups is 1. The number of aliphatic hydroxyl groups excluding tert-OH is 1. The maximum Gasteiger partial charge on any atom is 0.252 e. The lowest BCUT2D eigenvalue weighted by atomic mass is 9.61. The predicted molar refractivity (Wildman–Crippen MR) is 175 cm³/mol. The summed E-state index contributed by atoms with van der Waals surface area (Å²) >= 11 is 0. The molecule has 0 radical (unpaired) electrons. The van der Waals surface area contributed by atoms with Crippen LogP contribution in [0.1, 0.15) is 60.2 Å². The Labute approximate surface area is 278 Å². The lowest BCUT2D eigenvalue weighted by Gasteiger charge is -2.41. The van der Waals surface area contributed by atoms with Crippen molar-refractivity contribution in [3.05, 3.63) is 91.9 Å². The first kappa shape index (κ1) is 35.0. The Morgan fingerprint density at radius 3 is 2.23 bits per heavy atom. The van der Waals surface area contributed by atoms with Crippen molar-refractivity contribution in [2.75, 3.05) is 33.1 Å². The van der Waals surface area contributed by atoms with Crippen LogP contribution in [0.15, 0.2) is 52.2 Å². The predicted octanol–water partition coefficient (Wildman–Crippen LogP) is 5.28. The van der Waals surface area contributed by atoms with Crippen LogP contribution in [-0.4, -0.2) is 50.1 Å². The topological polar surface area (TPSA) is 137 Å². The highest BCUT2D eigenvalue weighted by Crippen LogP contribution is 2.60.